The zero-order chi connectivity index (χ0) is 14.6. The molecule has 0 aromatic heterocycles. The maximum Gasteiger partial charge on any atom is 0.124 e. The molecule has 0 atom stereocenters. The van der Waals surface area contributed by atoms with E-state index >= 15 is 0 Å². The van der Waals surface area contributed by atoms with Gasteiger partial charge >= 0.3 is 0 Å². The molecule has 2 nitrogen and oxygen atoms in total. The van der Waals surface area contributed by atoms with Gasteiger partial charge in [0, 0.05) is 21.5 Å². The van der Waals surface area contributed by atoms with Crippen LogP contribution in [-0.4, -0.2) is 10.2 Å². The SMILES string of the molecule is Oc1cc2cc(O)c3ccc4ccc5ccc1c1c5c4c3c21. The van der Waals surface area contributed by atoms with Crippen LogP contribution in [0.4, 0.5) is 0 Å². The molecule has 0 bridgehead atoms. The Kier molecular flexibility index (Phi) is 1.50. The van der Waals surface area contributed by atoms with Crippen LogP contribution in [0.5, 0.6) is 11.5 Å². The summed E-state index contributed by atoms with van der Waals surface area (Å²) in [7, 11) is 0. The molecular formula is C20H10O2. The molecule has 22 heavy (non-hydrogen) atoms. The molecule has 0 heterocycles. The number of aromatic hydroxyl groups is 2. The number of phenolic OH excluding ortho intramolecular Hbond substituents is 2. The Balaban J connectivity index is 2.23. The zero-order valence-electron chi connectivity index (χ0n) is 11.5. The first kappa shape index (κ1) is 10.7. The van der Waals surface area contributed by atoms with Gasteiger partial charge in [-0.15, -0.1) is 0 Å². The van der Waals surface area contributed by atoms with Crippen LogP contribution in [0.25, 0.3) is 53.9 Å². The van der Waals surface area contributed by atoms with E-state index in [-0.39, 0.29) is 11.5 Å². The Morgan fingerprint density at radius 2 is 0.864 bits per heavy atom. The van der Waals surface area contributed by atoms with Crippen molar-refractivity contribution >= 4 is 53.9 Å². The lowest BCUT2D eigenvalue weighted by atomic mass is 9.98. The summed E-state index contributed by atoms with van der Waals surface area (Å²) in [5.74, 6) is 0.543. The van der Waals surface area contributed by atoms with Crippen molar-refractivity contribution in [2.45, 2.75) is 0 Å². The van der Waals surface area contributed by atoms with Crippen LogP contribution >= 0.6 is 0 Å². The van der Waals surface area contributed by atoms with E-state index in [0.29, 0.717) is 0 Å². The van der Waals surface area contributed by atoms with E-state index in [9.17, 15) is 10.2 Å². The lowest BCUT2D eigenvalue weighted by Crippen LogP contribution is -1.79. The van der Waals surface area contributed by atoms with Gasteiger partial charge in [0.25, 0.3) is 0 Å². The van der Waals surface area contributed by atoms with E-state index < -0.39 is 0 Å². The minimum Gasteiger partial charge on any atom is -0.507 e. The fraction of sp³-hybridized carbons (Fsp3) is 0. The number of benzene rings is 5. The van der Waals surface area contributed by atoms with Crippen molar-refractivity contribution in [2.24, 2.45) is 0 Å². The predicted molar refractivity (Wildman–Crippen MR) is 90.9 cm³/mol. The van der Waals surface area contributed by atoms with E-state index in [0.717, 1.165) is 32.3 Å². The van der Waals surface area contributed by atoms with Crippen LogP contribution in [0.2, 0.25) is 0 Å². The maximum absolute atomic E-state index is 10.4. The molecule has 0 amide bonds. The summed E-state index contributed by atoms with van der Waals surface area (Å²) in [5.41, 5.74) is 0. The molecule has 2 N–H and O–H groups in total. The maximum atomic E-state index is 10.4. The van der Waals surface area contributed by atoms with Gasteiger partial charge in [0.15, 0.2) is 0 Å². The van der Waals surface area contributed by atoms with Crippen molar-refractivity contribution in [2.75, 3.05) is 0 Å². The third-order valence-corrected chi connectivity index (χ3v) is 5.09. The minimum absolute atomic E-state index is 0.271. The third kappa shape index (κ3) is 0.941. The summed E-state index contributed by atoms with van der Waals surface area (Å²) in [6.07, 6.45) is 0. The van der Waals surface area contributed by atoms with E-state index in [1.807, 2.05) is 12.1 Å². The van der Waals surface area contributed by atoms with Crippen LogP contribution in [-0.2, 0) is 0 Å². The Labute approximate surface area is 124 Å². The van der Waals surface area contributed by atoms with Gasteiger partial charge < -0.3 is 10.2 Å². The molecular weight excluding hydrogens is 272 g/mol. The standard InChI is InChI=1S/C20H10O2/c21-14-7-11-8-15(22)13-6-4-10-2-1-9-3-5-12(14)19-16(9)17(10)20(13)18(11)19/h1-8,21-22H. The van der Waals surface area contributed by atoms with Crippen molar-refractivity contribution in [3.05, 3.63) is 48.5 Å². The number of phenols is 2. The molecule has 6 aromatic rings. The summed E-state index contributed by atoms with van der Waals surface area (Å²) < 4.78 is 0. The Morgan fingerprint density at radius 1 is 0.455 bits per heavy atom. The molecule has 6 rings (SSSR count). The molecule has 0 aliphatic rings. The van der Waals surface area contributed by atoms with Gasteiger partial charge in [-0.2, -0.15) is 0 Å². The van der Waals surface area contributed by atoms with Crippen LogP contribution in [0, 0.1) is 0 Å². The van der Waals surface area contributed by atoms with Crippen molar-refractivity contribution in [3.63, 3.8) is 0 Å². The van der Waals surface area contributed by atoms with Crippen molar-refractivity contribution < 1.29 is 10.2 Å². The second kappa shape index (κ2) is 3.09. The number of hydrogen-bond donors (Lipinski definition) is 2. The fourth-order valence-corrected chi connectivity index (χ4v) is 4.23. The highest BCUT2D eigenvalue weighted by Gasteiger charge is 2.22. The van der Waals surface area contributed by atoms with E-state index in [2.05, 4.69) is 24.3 Å². The molecule has 0 saturated carbocycles. The van der Waals surface area contributed by atoms with E-state index in [1.165, 1.54) is 21.5 Å². The molecule has 0 aliphatic heterocycles. The van der Waals surface area contributed by atoms with Gasteiger partial charge in [-0.25, -0.2) is 0 Å². The first-order chi connectivity index (χ1) is 10.7. The van der Waals surface area contributed by atoms with Crippen molar-refractivity contribution in [1.82, 2.24) is 0 Å². The molecule has 0 spiro atoms. The molecule has 0 saturated heterocycles. The average molecular weight is 282 g/mol. The van der Waals surface area contributed by atoms with Crippen molar-refractivity contribution in [3.8, 4) is 11.5 Å². The average Bonchev–Trinajstić information content (AvgIpc) is 2.88. The Hall–Kier alpha value is -3.00. The largest absolute Gasteiger partial charge is 0.507 e. The molecule has 0 unspecified atom stereocenters. The van der Waals surface area contributed by atoms with E-state index in [4.69, 9.17) is 0 Å². The first-order valence-corrected chi connectivity index (χ1v) is 7.33. The lowest BCUT2D eigenvalue weighted by molar-refractivity contribution is 0.481. The molecule has 0 aliphatic carbocycles. The summed E-state index contributed by atoms with van der Waals surface area (Å²) in [6, 6.07) is 15.9. The fourth-order valence-electron chi connectivity index (χ4n) is 4.23. The van der Waals surface area contributed by atoms with Gasteiger partial charge in [0.2, 0.25) is 0 Å². The smallest absolute Gasteiger partial charge is 0.124 e. The summed E-state index contributed by atoms with van der Waals surface area (Å²) in [5, 5.41) is 31.6. The van der Waals surface area contributed by atoms with Crippen molar-refractivity contribution in [1.29, 1.82) is 0 Å². The predicted octanol–water partition coefficient (Wildman–Crippen LogP) is 5.18. The highest BCUT2D eigenvalue weighted by atomic mass is 16.3. The quantitative estimate of drug-likeness (QED) is 0.377. The highest BCUT2D eigenvalue weighted by molar-refractivity contribution is 6.45. The van der Waals surface area contributed by atoms with Gasteiger partial charge in [0.1, 0.15) is 11.5 Å². The normalized spacial score (nSPS) is 12.9. The highest BCUT2D eigenvalue weighted by Crippen LogP contribution is 2.51. The first-order valence-electron chi connectivity index (χ1n) is 7.33. The summed E-state index contributed by atoms with van der Waals surface area (Å²) >= 11 is 0. The molecule has 2 heteroatoms. The van der Waals surface area contributed by atoms with Crippen LogP contribution in [0.15, 0.2) is 48.5 Å². The van der Waals surface area contributed by atoms with E-state index in [1.54, 1.807) is 12.1 Å². The second-order valence-electron chi connectivity index (χ2n) is 6.13. The van der Waals surface area contributed by atoms with Crippen LogP contribution in [0.3, 0.4) is 0 Å². The van der Waals surface area contributed by atoms with Crippen LogP contribution < -0.4 is 0 Å². The van der Waals surface area contributed by atoms with Gasteiger partial charge in [0.05, 0.1) is 0 Å². The Morgan fingerprint density at radius 3 is 1.36 bits per heavy atom. The summed E-state index contributed by atoms with van der Waals surface area (Å²) in [4.78, 5) is 0. The van der Waals surface area contributed by atoms with Crippen LogP contribution in [0.1, 0.15) is 0 Å². The monoisotopic (exact) mass is 282 g/mol. The summed E-state index contributed by atoms with van der Waals surface area (Å²) in [6.45, 7) is 0. The zero-order valence-corrected chi connectivity index (χ0v) is 11.5. The molecule has 0 fully saturated rings. The number of hydrogen-bond acceptors (Lipinski definition) is 2. The Bertz CT molecular complexity index is 1230. The van der Waals surface area contributed by atoms with Gasteiger partial charge in [-0.05, 0) is 44.5 Å². The molecule has 102 valence electrons. The number of rotatable bonds is 0. The molecule has 0 radical (unpaired) electrons. The van der Waals surface area contributed by atoms with Gasteiger partial charge in [-0.1, -0.05) is 36.4 Å². The van der Waals surface area contributed by atoms with Gasteiger partial charge in [-0.3, -0.25) is 0 Å². The molecule has 6 aromatic carbocycles. The minimum atomic E-state index is 0.271. The lowest BCUT2D eigenvalue weighted by Gasteiger charge is -2.07. The second-order valence-corrected chi connectivity index (χ2v) is 6.13. The topological polar surface area (TPSA) is 40.5 Å². The third-order valence-electron chi connectivity index (χ3n) is 5.09.